The smallest absolute Gasteiger partial charge is 0.326 e. The molecule has 1 aliphatic rings. The van der Waals surface area contributed by atoms with E-state index < -0.39 is 5.41 Å². The standard InChI is InChI=1S/C21H25NO2/c1-4-22(5-2)14-13-21(17-9-7-6-8-10-17)18-15-16(3)11-12-19(18)24-20(21)23/h6-12,15H,4-5,13-14H2,1-3H3. The molecule has 0 N–H and O–H groups in total. The van der Waals surface area contributed by atoms with Gasteiger partial charge in [-0.2, -0.15) is 0 Å². The van der Waals surface area contributed by atoms with Crippen molar-refractivity contribution in [1.82, 2.24) is 4.90 Å². The summed E-state index contributed by atoms with van der Waals surface area (Å²) in [6, 6.07) is 16.1. The molecule has 0 aliphatic carbocycles. The van der Waals surface area contributed by atoms with E-state index in [4.69, 9.17) is 4.74 Å². The topological polar surface area (TPSA) is 29.5 Å². The Morgan fingerprint density at radius 2 is 1.75 bits per heavy atom. The zero-order chi connectivity index (χ0) is 17.2. The number of aryl methyl sites for hydroxylation is 1. The fourth-order valence-corrected chi connectivity index (χ4v) is 3.61. The van der Waals surface area contributed by atoms with Crippen molar-refractivity contribution in [2.75, 3.05) is 19.6 Å². The van der Waals surface area contributed by atoms with Gasteiger partial charge < -0.3 is 9.64 Å². The van der Waals surface area contributed by atoms with E-state index in [1.54, 1.807) is 0 Å². The molecule has 0 saturated carbocycles. The average Bonchev–Trinajstić information content (AvgIpc) is 2.89. The molecule has 1 atom stereocenters. The number of fused-ring (bicyclic) bond motifs is 1. The number of benzene rings is 2. The van der Waals surface area contributed by atoms with Crippen LogP contribution in [0.2, 0.25) is 0 Å². The van der Waals surface area contributed by atoms with Crippen LogP contribution in [0.15, 0.2) is 48.5 Å². The summed E-state index contributed by atoms with van der Waals surface area (Å²) in [5, 5.41) is 0. The summed E-state index contributed by atoms with van der Waals surface area (Å²) in [5.41, 5.74) is 2.47. The van der Waals surface area contributed by atoms with Gasteiger partial charge in [-0.05, 0) is 44.6 Å². The van der Waals surface area contributed by atoms with Crippen LogP contribution in [0, 0.1) is 6.92 Å². The molecule has 0 amide bonds. The summed E-state index contributed by atoms with van der Waals surface area (Å²) < 4.78 is 5.67. The third-order valence-electron chi connectivity index (χ3n) is 5.11. The highest BCUT2D eigenvalue weighted by molar-refractivity contribution is 5.94. The molecule has 126 valence electrons. The summed E-state index contributed by atoms with van der Waals surface area (Å²) in [4.78, 5) is 15.4. The highest BCUT2D eigenvalue weighted by Crippen LogP contribution is 2.47. The molecule has 3 heteroatoms. The molecule has 0 aromatic heterocycles. The predicted octanol–water partition coefficient (Wildman–Crippen LogP) is 3.93. The van der Waals surface area contributed by atoms with Crippen molar-refractivity contribution < 1.29 is 9.53 Å². The van der Waals surface area contributed by atoms with Crippen molar-refractivity contribution in [3.8, 4) is 5.75 Å². The van der Waals surface area contributed by atoms with Crippen LogP contribution >= 0.6 is 0 Å². The Kier molecular flexibility index (Phi) is 4.72. The molecule has 0 fully saturated rings. The molecule has 24 heavy (non-hydrogen) atoms. The van der Waals surface area contributed by atoms with E-state index in [0.29, 0.717) is 5.75 Å². The van der Waals surface area contributed by atoms with Crippen molar-refractivity contribution in [2.45, 2.75) is 32.6 Å². The van der Waals surface area contributed by atoms with Crippen LogP contribution in [0.3, 0.4) is 0 Å². The van der Waals surface area contributed by atoms with Gasteiger partial charge in [-0.25, -0.2) is 0 Å². The lowest BCUT2D eigenvalue weighted by atomic mass is 9.72. The van der Waals surface area contributed by atoms with E-state index in [0.717, 1.165) is 42.7 Å². The van der Waals surface area contributed by atoms with Crippen molar-refractivity contribution in [3.05, 3.63) is 65.2 Å². The van der Waals surface area contributed by atoms with Crippen molar-refractivity contribution in [1.29, 1.82) is 0 Å². The van der Waals surface area contributed by atoms with Crippen LogP contribution in [-0.4, -0.2) is 30.5 Å². The maximum atomic E-state index is 13.0. The third-order valence-corrected chi connectivity index (χ3v) is 5.11. The molecule has 3 nitrogen and oxygen atoms in total. The summed E-state index contributed by atoms with van der Waals surface area (Å²) in [6.45, 7) is 9.20. The van der Waals surface area contributed by atoms with E-state index in [9.17, 15) is 4.79 Å². The van der Waals surface area contributed by atoms with Gasteiger partial charge in [0.15, 0.2) is 0 Å². The molecular weight excluding hydrogens is 298 g/mol. The number of esters is 1. The fourth-order valence-electron chi connectivity index (χ4n) is 3.61. The van der Waals surface area contributed by atoms with Gasteiger partial charge in [0.25, 0.3) is 0 Å². The number of carbonyl (C=O) groups is 1. The maximum Gasteiger partial charge on any atom is 0.326 e. The predicted molar refractivity (Wildman–Crippen MR) is 96.4 cm³/mol. The summed E-state index contributed by atoms with van der Waals surface area (Å²) in [7, 11) is 0. The monoisotopic (exact) mass is 323 g/mol. The Morgan fingerprint density at radius 3 is 2.42 bits per heavy atom. The first-order valence-corrected chi connectivity index (χ1v) is 8.73. The minimum Gasteiger partial charge on any atom is -0.425 e. The highest BCUT2D eigenvalue weighted by Gasteiger charge is 2.50. The van der Waals surface area contributed by atoms with Crippen molar-refractivity contribution >= 4 is 5.97 Å². The van der Waals surface area contributed by atoms with Crippen LogP contribution in [0.5, 0.6) is 5.75 Å². The van der Waals surface area contributed by atoms with Gasteiger partial charge in [0.2, 0.25) is 0 Å². The molecular formula is C21H25NO2. The first-order chi connectivity index (χ1) is 11.6. The number of nitrogens with zero attached hydrogens (tertiary/aromatic N) is 1. The molecule has 0 spiro atoms. The van der Waals surface area contributed by atoms with Gasteiger partial charge in [-0.1, -0.05) is 61.9 Å². The second-order valence-corrected chi connectivity index (χ2v) is 6.44. The number of ether oxygens (including phenoxy) is 1. The van der Waals surface area contributed by atoms with E-state index in [-0.39, 0.29) is 5.97 Å². The third kappa shape index (κ3) is 2.73. The second-order valence-electron chi connectivity index (χ2n) is 6.44. The van der Waals surface area contributed by atoms with Crippen LogP contribution in [-0.2, 0) is 10.2 Å². The summed E-state index contributed by atoms with van der Waals surface area (Å²) in [6.07, 6.45) is 0.730. The van der Waals surface area contributed by atoms with Gasteiger partial charge in [0.05, 0.1) is 0 Å². The summed E-state index contributed by atoms with van der Waals surface area (Å²) in [5.74, 6) is 0.551. The van der Waals surface area contributed by atoms with E-state index in [1.807, 2.05) is 42.5 Å². The molecule has 0 saturated heterocycles. The molecule has 2 aromatic carbocycles. The largest absolute Gasteiger partial charge is 0.425 e. The van der Waals surface area contributed by atoms with E-state index >= 15 is 0 Å². The minimum absolute atomic E-state index is 0.151. The lowest BCUT2D eigenvalue weighted by Crippen LogP contribution is -2.39. The molecule has 2 aromatic rings. The number of hydrogen-bond donors (Lipinski definition) is 0. The normalized spacial score (nSPS) is 19.4. The molecule has 1 unspecified atom stereocenters. The fraction of sp³-hybridized carbons (Fsp3) is 0.381. The van der Waals surface area contributed by atoms with Crippen LogP contribution in [0.25, 0.3) is 0 Å². The van der Waals surface area contributed by atoms with Crippen molar-refractivity contribution in [3.63, 3.8) is 0 Å². The number of rotatable bonds is 6. The number of hydrogen-bond acceptors (Lipinski definition) is 3. The number of carbonyl (C=O) groups excluding carboxylic acids is 1. The van der Waals surface area contributed by atoms with Gasteiger partial charge in [-0.3, -0.25) is 4.79 Å². The lowest BCUT2D eigenvalue weighted by molar-refractivity contribution is -0.137. The maximum absolute atomic E-state index is 13.0. The average molecular weight is 323 g/mol. The zero-order valence-corrected chi connectivity index (χ0v) is 14.7. The molecule has 0 bridgehead atoms. The van der Waals surface area contributed by atoms with Gasteiger partial charge in [0, 0.05) is 5.56 Å². The molecule has 0 radical (unpaired) electrons. The van der Waals surface area contributed by atoms with Crippen LogP contribution in [0.4, 0.5) is 0 Å². The quantitative estimate of drug-likeness (QED) is 0.596. The zero-order valence-electron chi connectivity index (χ0n) is 14.7. The Labute approximate surface area is 144 Å². The molecule has 1 heterocycles. The molecule has 3 rings (SSSR count). The van der Waals surface area contributed by atoms with Crippen LogP contribution in [0.1, 0.15) is 37.0 Å². The highest BCUT2D eigenvalue weighted by atomic mass is 16.5. The summed E-state index contributed by atoms with van der Waals surface area (Å²) >= 11 is 0. The SMILES string of the molecule is CCN(CC)CCC1(c2ccccc2)C(=O)Oc2ccc(C)cc21. The van der Waals surface area contributed by atoms with E-state index in [1.165, 1.54) is 0 Å². The first kappa shape index (κ1) is 16.7. The van der Waals surface area contributed by atoms with E-state index in [2.05, 4.69) is 31.7 Å². The van der Waals surface area contributed by atoms with Crippen LogP contribution < -0.4 is 4.74 Å². The van der Waals surface area contributed by atoms with Gasteiger partial charge in [-0.15, -0.1) is 0 Å². The first-order valence-electron chi connectivity index (χ1n) is 8.73. The van der Waals surface area contributed by atoms with Gasteiger partial charge >= 0.3 is 5.97 Å². The Bertz CT molecular complexity index is 722. The Morgan fingerprint density at radius 1 is 1.04 bits per heavy atom. The Balaban J connectivity index is 2.10. The Hall–Kier alpha value is -2.13. The molecule has 1 aliphatic heterocycles. The lowest BCUT2D eigenvalue weighted by Gasteiger charge is -2.29. The second kappa shape index (κ2) is 6.78. The van der Waals surface area contributed by atoms with Crippen molar-refractivity contribution in [2.24, 2.45) is 0 Å². The minimum atomic E-state index is -0.703. The van der Waals surface area contributed by atoms with Gasteiger partial charge in [0.1, 0.15) is 11.2 Å².